The fraction of sp³-hybridized carbons (Fsp3) is 0.611. The molecule has 118 valence electrons. The van der Waals surface area contributed by atoms with E-state index in [0.717, 1.165) is 25.9 Å². The summed E-state index contributed by atoms with van der Waals surface area (Å²) in [7, 11) is 0. The molecule has 0 aliphatic rings. The van der Waals surface area contributed by atoms with Crippen molar-refractivity contribution in [2.24, 2.45) is 0 Å². The number of aryl methyl sites for hydroxylation is 1. The lowest BCUT2D eigenvalue weighted by Crippen LogP contribution is -2.48. The van der Waals surface area contributed by atoms with Gasteiger partial charge in [0.25, 0.3) is 0 Å². The molecule has 0 saturated heterocycles. The Labute approximate surface area is 129 Å². The van der Waals surface area contributed by atoms with E-state index in [-0.39, 0.29) is 11.5 Å². The predicted octanol–water partition coefficient (Wildman–Crippen LogP) is 3.67. The van der Waals surface area contributed by atoms with Crippen molar-refractivity contribution in [1.29, 1.82) is 0 Å². The van der Waals surface area contributed by atoms with Crippen molar-refractivity contribution in [3.05, 3.63) is 35.9 Å². The van der Waals surface area contributed by atoms with Crippen LogP contribution in [-0.4, -0.2) is 36.1 Å². The number of carbonyl (C=O) groups excluding carboxylic acids is 1. The minimum absolute atomic E-state index is 0.0973. The molecule has 0 bridgehead atoms. The molecule has 0 amide bonds. The van der Waals surface area contributed by atoms with Crippen molar-refractivity contribution in [3.8, 4) is 0 Å². The summed E-state index contributed by atoms with van der Waals surface area (Å²) in [4.78, 5) is 14.3. The Balaban J connectivity index is 2.78. The van der Waals surface area contributed by atoms with Crippen LogP contribution in [-0.2, 0) is 16.0 Å². The topological polar surface area (TPSA) is 29.5 Å². The molecule has 3 heteroatoms. The Morgan fingerprint density at radius 2 is 1.76 bits per heavy atom. The molecule has 1 aromatic carbocycles. The fourth-order valence-electron chi connectivity index (χ4n) is 2.93. The number of ether oxygens (including phenoxy) is 1. The Morgan fingerprint density at radius 3 is 2.29 bits per heavy atom. The zero-order valence-corrected chi connectivity index (χ0v) is 13.9. The number of esters is 1. The highest BCUT2D eigenvalue weighted by molar-refractivity contribution is 5.70. The average Bonchev–Trinajstić information content (AvgIpc) is 2.47. The third kappa shape index (κ3) is 5.50. The summed E-state index contributed by atoms with van der Waals surface area (Å²) in [6.45, 7) is 10.7. The molecule has 1 unspecified atom stereocenters. The van der Waals surface area contributed by atoms with Gasteiger partial charge >= 0.3 is 5.97 Å². The van der Waals surface area contributed by atoms with Crippen LogP contribution < -0.4 is 0 Å². The van der Waals surface area contributed by atoms with Gasteiger partial charge in [0.05, 0.1) is 13.0 Å². The van der Waals surface area contributed by atoms with Gasteiger partial charge in [0.2, 0.25) is 0 Å². The average molecular weight is 291 g/mol. The summed E-state index contributed by atoms with van der Waals surface area (Å²) < 4.78 is 5.16. The molecule has 1 aromatic rings. The van der Waals surface area contributed by atoms with E-state index in [1.807, 2.05) is 13.0 Å². The third-order valence-electron chi connectivity index (χ3n) is 4.15. The Hall–Kier alpha value is -1.35. The lowest BCUT2D eigenvalue weighted by atomic mass is 9.88. The number of carbonyl (C=O) groups is 1. The molecular weight excluding hydrogens is 262 g/mol. The van der Waals surface area contributed by atoms with Crippen LogP contribution in [0.1, 0.15) is 46.1 Å². The van der Waals surface area contributed by atoms with Crippen LogP contribution in [0, 0.1) is 0 Å². The van der Waals surface area contributed by atoms with E-state index in [1.54, 1.807) is 0 Å². The van der Waals surface area contributed by atoms with E-state index < -0.39 is 0 Å². The van der Waals surface area contributed by atoms with Gasteiger partial charge in [-0.1, -0.05) is 44.2 Å². The lowest BCUT2D eigenvalue weighted by Gasteiger charge is -2.40. The Morgan fingerprint density at radius 1 is 1.14 bits per heavy atom. The molecule has 0 aliphatic carbocycles. The maximum Gasteiger partial charge on any atom is 0.307 e. The van der Waals surface area contributed by atoms with E-state index in [1.165, 1.54) is 5.56 Å². The van der Waals surface area contributed by atoms with Crippen LogP contribution in [0.3, 0.4) is 0 Å². The molecule has 3 nitrogen and oxygen atoms in total. The smallest absolute Gasteiger partial charge is 0.307 e. The first-order valence-electron chi connectivity index (χ1n) is 8.00. The van der Waals surface area contributed by atoms with Crippen molar-refractivity contribution in [2.45, 2.75) is 52.5 Å². The van der Waals surface area contributed by atoms with Crippen LogP contribution in [0.5, 0.6) is 0 Å². The van der Waals surface area contributed by atoms with Gasteiger partial charge in [0.1, 0.15) is 0 Å². The predicted molar refractivity (Wildman–Crippen MR) is 87.3 cm³/mol. The monoisotopic (exact) mass is 291 g/mol. The summed E-state index contributed by atoms with van der Waals surface area (Å²) in [5.74, 6) is -0.0973. The molecule has 0 radical (unpaired) electrons. The van der Waals surface area contributed by atoms with Gasteiger partial charge in [0, 0.05) is 5.54 Å². The Kier molecular flexibility index (Phi) is 7.44. The van der Waals surface area contributed by atoms with Gasteiger partial charge in [-0.25, -0.2) is 0 Å². The highest BCUT2D eigenvalue weighted by atomic mass is 16.5. The first-order valence-corrected chi connectivity index (χ1v) is 8.00. The molecule has 0 N–H and O–H groups in total. The number of hydrogen-bond donors (Lipinski definition) is 0. The van der Waals surface area contributed by atoms with Gasteiger partial charge in [0.15, 0.2) is 0 Å². The van der Waals surface area contributed by atoms with E-state index in [9.17, 15) is 4.79 Å². The molecule has 0 spiro atoms. The van der Waals surface area contributed by atoms with Crippen LogP contribution in [0.2, 0.25) is 0 Å². The summed E-state index contributed by atoms with van der Waals surface area (Å²) in [6, 6.07) is 10.5. The highest BCUT2D eigenvalue weighted by Crippen LogP contribution is 2.26. The number of nitrogens with zero attached hydrogens (tertiary/aromatic N) is 1. The van der Waals surface area contributed by atoms with Gasteiger partial charge in [-0.05, 0) is 45.3 Å². The number of rotatable bonds is 9. The molecule has 21 heavy (non-hydrogen) atoms. The second-order valence-corrected chi connectivity index (χ2v) is 5.64. The van der Waals surface area contributed by atoms with E-state index in [0.29, 0.717) is 13.0 Å². The van der Waals surface area contributed by atoms with Gasteiger partial charge in [-0.2, -0.15) is 0 Å². The first-order chi connectivity index (χ1) is 10.1. The van der Waals surface area contributed by atoms with E-state index in [2.05, 4.69) is 49.9 Å². The first kappa shape index (κ1) is 17.7. The van der Waals surface area contributed by atoms with Gasteiger partial charge < -0.3 is 4.74 Å². The molecule has 0 saturated carbocycles. The minimum Gasteiger partial charge on any atom is -0.466 e. The summed E-state index contributed by atoms with van der Waals surface area (Å²) >= 11 is 0. The zero-order chi connectivity index (χ0) is 15.7. The van der Waals surface area contributed by atoms with Gasteiger partial charge in [-0.15, -0.1) is 0 Å². The zero-order valence-electron chi connectivity index (χ0n) is 13.9. The second-order valence-electron chi connectivity index (χ2n) is 5.64. The molecule has 0 aliphatic heterocycles. The molecule has 1 rings (SSSR count). The second kappa shape index (κ2) is 8.83. The summed E-state index contributed by atoms with van der Waals surface area (Å²) in [5, 5.41) is 0. The quantitative estimate of drug-likeness (QED) is 0.650. The normalized spacial score (nSPS) is 14.0. The fourth-order valence-corrected chi connectivity index (χ4v) is 2.93. The standard InChI is InChI=1S/C18H29NO2/c1-5-19(6-2)18(4,15-17(20)21-7-3)14-13-16-11-9-8-10-12-16/h8-12H,5-7,13-15H2,1-4H3. The minimum atomic E-state index is -0.147. The highest BCUT2D eigenvalue weighted by Gasteiger charge is 2.32. The van der Waals surface area contributed by atoms with Crippen LogP contribution >= 0.6 is 0 Å². The molecular formula is C18H29NO2. The lowest BCUT2D eigenvalue weighted by molar-refractivity contribution is -0.146. The number of hydrogen-bond acceptors (Lipinski definition) is 3. The SMILES string of the molecule is CCOC(=O)CC(C)(CCc1ccccc1)N(CC)CC. The molecule has 0 aromatic heterocycles. The molecule has 1 atom stereocenters. The number of benzene rings is 1. The third-order valence-corrected chi connectivity index (χ3v) is 4.15. The summed E-state index contributed by atoms with van der Waals surface area (Å²) in [5.41, 5.74) is 1.17. The maximum atomic E-state index is 12.0. The van der Waals surface area contributed by atoms with E-state index in [4.69, 9.17) is 4.74 Å². The Bertz CT molecular complexity index is 414. The van der Waals surface area contributed by atoms with Crippen molar-refractivity contribution in [3.63, 3.8) is 0 Å². The summed E-state index contributed by atoms with van der Waals surface area (Å²) in [6.07, 6.45) is 2.39. The van der Waals surface area contributed by atoms with E-state index >= 15 is 0 Å². The van der Waals surface area contributed by atoms with Crippen molar-refractivity contribution in [2.75, 3.05) is 19.7 Å². The van der Waals surface area contributed by atoms with Crippen molar-refractivity contribution in [1.82, 2.24) is 4.90 Å². The van der Waals surface area contributed by atoms with Crippen LogP contribution in [0.25, 0.3) is 0 Å². The van der Waals surface area contributed by atoms with Crippen molar-refractivity contribution >= 4 is 5.97 Å². The van der Waals surface area contributed by atoms with Crippen LogP contribution in [0.15, 0.2) is 30.3 Å². The maximum absolute atomic E-state index is 12.0. The molecule has 0 heterocycles. The van der Waals surface area contributed by atoms with Crippen LogP contribution in [0.4, 0.5) is 0 Å². The van der Waals surface area contributed by atoms with Gasteiger partial charge in [-0.3, -0.25) is 9.69 Å². The van der Waals surface area contributed by atoms with Crippen molar-refractivity contribution < 1.29 is 9.53 Å². The largest absolute Gasteiger partial charge is 0.466 e. The molecule has 0 fully saturated rings.